The predicted molar refractivity (Wildman–Crippen MR) is 57.9 cm³/mol. The first-order valence-electron chi connectivity index (χ1n) is 5.82. The molecule has 1 saturated heterocycles. The van der Waals surface area contributed by atoms with Gasteiger partial charge in [-0.05, 0) is 38.1 Å². The lowest BCUT2D eigenvalue weighted by Crippen LogP contribution is -2.53. The number of hydrogen-bond donors (Lipinski definition) is 3. The average molecular weight is 226 g/mol. The van der Waals surface area contributed by atoms with Crippen LogP contribution in [0.15, 0.2) is 0 Å². The van der Waals surface area contributed by atoms with Crippen molar-refractivity contribution in [3.8, 4) is 0 Å². The number of piperidine rings is 1. The Morgan fingerprint density at radius 2 is 2.12 bits per heavy atom. The van der Waals surface area contributed by atoms with Crippen LogP contribution in [0.25, 0.3) is 0 Å². The smallest absolute Gasteiger partial charge is 0.329 e. The molecule has 0 radical (unpaired) electrons. The molecule has 1 aliphatic heterocycles. The van der Waals surface area contributed by atoms with E-state index in [0.717, 1.165) is 19.4 Å². The van der Waals surface area contributed by atoms with Crippen molar-refractivity contribution < 1.29 is 14.7 Å². The lowest BCUT2D eigenvalue weighted by atomic mass is 9.93. The summed E-state index contributed by atoms with van der Waals surface area (Å²) in [7, 11) is 0. The maximum Gasteiger partial charge on any atom is 0.329 e. The number of carboxylic acid groups (broad SMARTS) is 1. The zero-order chi connectivity index (χ0) is 11.8. The highest BCUT2D eigenvalue weighted by Crippen LogP contribution is 2.35. The SMILES string of the molecule is CC1CCNC(C(=O)NC2(C(=O)O)CC2)C1. The van der Waals surface area contributed by atoms with Gasteiger partial charge in [0.25, 0.3) is 0 Å². The van der Waals surface area contributed by atoms with E-state index >= 15 is 0 Å². The van der Waals surface area contributed by atoms with E-state index < -0.39 is 11.5 Å². The molecule has 5 nitrogen and oxygen atoms in total. The molecule has 1 heterocycles. The fraction of sp³-hybridized carbons (Fsp3) is 0.818. The van der Waals surface area contributed by atoms with E-state index in [2.05, 4.69) is 17.6 Å². The summed E-state index contributed by atoms with van der Waals surface area (Å²) in [5.74, 6) is -0.548. The number of aliphatic carboxylic acids is 1. The van der Waals surface area contributed by atoms with Gasteiger partial charge in [-0.3, -0.25) is 4.79 Å². The van der Waals surface area contributed by atoms with Gasteiger partial charge in [-0.2, -0.15) is 0 Å². The highest BCUT2D eigenvalue weighted by atomic mass is 16.4. The second-order valence-electron chi connectivity index (χ2n) is 5.01. The minimum atomic E-state index is -0.959. The van der Waals surface area contributed by atoms with Gasteiger partial charge in [0, 0.05) is 0 Å². The molecule has 0 aromatic carbocycles. The number of carbonyl (C=O) groups excluding carboxylic acids is 1. The van der Waals surface area contributed by atoms with Gasteiger partial charge in [0.2, 0.25) is 5.91 Å². The van der Waals surface area contributed by atoms with Gasteiger partial charge < -0.3 is 15.7 Å². The van der Waals surface area contributed by atoms with Gasteiger partial charge in [0.15, 0.2) is 0 Å². The molecule has 2 aliphatic rings. The van der Waals surface area contributed by atoms with Crippen molar-refractivity contribution in [2.75, 3.05) is 6.54 Å². The normalized spacial score (nSPS) is 31.8. The number of carboxylic acids is 1. The van der Waals surface area contributed by atoms with E-state index in [1.807, 2.05) is 0 Å². The molecule has 1 saturated carbocycles. The fourth-order valence-corrected chi connectivity index (χ4v) is 2.15. The van der Waals surface area contributed by atoms with E-state index in [9.17, 15) is 9.59 Å². The molecule has 2 fully saturated rings. The van der Waals surface area contributed by atoms with Gasteiger partial charge in [0.05, 0.1) is 6.04 Å². The van der Waals surface area contributed by atoms with Crippen LogP contribution in [-0.2, 0) is 9.59 Å². The van der Waals surface area contributed by atoms with Gasteiger partial charge in [-0.15, -0.1) is 0 Å². The Morgan fingerprint density at radius 3 is 2.62 bits per heavy atom. The molecule has 3 N–H and O–H groups in total. The zero-order valence-corrected chi connectivity index (χ0v) is 9.45. The maximum atomic E-state index is 11.9. The highest BCUT2D eigenvalue weighted by Gasteiger charge is 2.52. The lowest BCUT2D eigenvalue weighted by Gasteiger charge is -2.28. The number of nitrogens with one attached hydrogen (secondary N) is 2. The number of rotatable bonds is 3. The number of hydrogen-bond acceptors (Lipinski definition) is 3. The van der Waals surface area contributed by atoms with E-state index in [1.165, 1.54) is 0 Å². The molecule has 0 spiro atoms. The molecule has 0 bridgehead atoms. The summed E-state index contributed by atoms with van der Waals surface area (Å²) in [6.07, 6.45) is 2.97. The van der Waals surface area contributed by atoms with Crippen molar-refractivity contribution in [3.63, 3.8) is 0 Å². The molecule has 16 heavy (non-hydrogen) atoms. The standard InChI is InChI=1S/C11H18N2O3/c1-7-2-5-12-8(6-7)9(14)13-11(3-4-11)10(15)16/h7-8,12H,2-6H2,1H3,(H,13,14)(H,15,16). The molecular weight excluding hydrogens is 208 g/mol. The predicted octanol–water partition coefficient (Wildman–Crippen LogP) is 0.108. The summed E-state index contributed by atoms with van der Waals surface area (Å²) in [6, 6.07) is -0.222. The minimum Gasteiger partial charge on any atom is -0.480 e. The quantitative estimate of drug-likeness (QED) is 0.638. The van der Waals surface area contributed by atoms with Crippen LogP contribution in [0.5, 0.6) is 0 Å². The molecule has 0 aromatic rings. The number of carbonyl (C=O) groups is 2. The highest BCUT2D eigenvalue weighted by molar-refractivity contribution is 5.91. The van der Waals surface area contributed by atoms with Crippen LogP contribution in [0.1, 0.15) is 32.6 Å². The third-order valence-corrected chi connectivity index (χ3v) is 3.50. The van der Waals surface area contributed by atoms with Crippen molar-refractivity contribution in [2.45, 2.75) is 44.2 Å². The summed E-state index contributed by atoms with van der Waals surface area (Å²) in [6.45, 7) is 2.95. The first-order valence-corrected chi connectivity index (χ1v) is 5.82. The largest absolute Gasteiger partial charge is 0.480 e. The summed E-state index contributed by atoms with van der Waals surface area (Å²) in [5, 5.41) is 14.8. The van der Waals surface area contributed by atoms with E-state index in [1.54, 1.807) is 0 Å². The van der Waals surface area contributed by atoms with Crippen molar-refractivity contribution >= 4 is 11.9 Å². The van der Waals surface area contributed by atoms with Crippen molar-refractivity contribution in [3.05, 3.63) is 0 Å². The summed E-state index contributed by atoms with van der Waals surface area (Å²) >= 11 is 0. The van der Waals surface area contributed by atoms with Crippen LogP contribution in [0.2, 0.25) is 0 Å². The van der Waals surface area contributed by atoms with Gasteiger partial charge >= 0.3 is 5.97 Å². The maximum absolute atomic E-state index is 11.9. The molecule has 90 valence electrons. The fourth-order valence-electron chi connectivity index (χ4n) is 2.15. The summed E-state index contributed by atoms with van der Waals surface area (Å²) in [5.41, 5.74) is -0.959. The second-order valence-corrected chi connectivity index (χ2v) is 5.01. The molecule has 1 aliphatic carbocycles. The number of amides is 1. The van der Waals surface area contributed by atoms with Crippen LogP contribution in [0.3, 0.4) is 0 Å². The minimum absolute atomic E-state index is 0.161. The molecule has 2 atom stereocenters. The first kappa shape index (κ1) is 11.4. The third-order valence-electron chi connectivity index (χ3n) is 3.50. The Labute approximate surface area is 94.6 Å². The van der Waals surface area contributed by atoms with Crippen LogP contribution < -0.4 is 10.6 Å². The van der Waals surface area contributed by atoms with Crippen LogP contribution in [-0.4, -0.2) is 35.1 Å². The van der Waals surface area contributed by atoms with Crippen molar-refractivity contribution in [1.82, 2.24) is 10.6 Å². The third kappa shape index (κ3) is 2.19. The second kappa shape index (κ2) is 4.05. The van der Waals surface area contributed by atoms with Gasteiger partial charge in [0.1, 0.15) is 5.54 Å². The Hall–Kier alpha value is -1.10. The van der Waals surface area contributed by atoms with Gasteiger partial charge in [-0.1, -0.05) is 6.92 Å². The van der Waals surface area contributed by atoms with Crippen LogP contribution in [0, 0.1) is 5.92 Å². The van der Waals surface area contributed by atoms with E-state index in [4.69, 9.17) is 5.11 Å². The van der Waals surface area contributed by atoms with Crippen LogP contribution in [0.4, 0.5) is 0 Å². The van der Waals surface area contributed by atoms with Crippen molar-refractivity contribution in [2.24, 2.45) is 5.92 Å². The monoisotopic (exact) mass is 226 g/mol. The Morgan fingerprint density at radius 1 is 1.44 bits per heavy atom. The molecular formula is C11H18N2O3. The van der Waals surface area contributed by atoms with E-state index in [0.29, 0.717) is 18.8 Å². The first-order chi connectivity index (χ1) is 7.53. The Bertz CT molecular complexity index is 312. The van der Waals surface area contributed by atoms with Crippen molar-refractivity contribution in [1.29, 1.82) is 0 Å². The average Bonchev–Trinajstić information content (AvgIpc) is 2.99. The summed E-state index contributed by atoms with van der Waals surface area (Å²) < 4.78 is 0. The summed E-state index contributed by atoms with van der Waals surface area (Å²) in [4.78, 5) is 22.8. The van der Waals surface area contributed by atoms with Gasteiger partial charge in [-0.25, -0.2) is 4.79 Å². The Kier molecular flexibility index (Phi) is 2.88. The Balaban J connectivity index is 1.90. The van der Waals surface area contributed by atoms with E-state index in [-0.39, 0.29) is 11.9 Å². The molecule has 0 aromatic heterocycles. The zero-order valence-electron chi connectivity index (χ0n) is 9.45. The molecule has 2 unspecified atom stereocenters. The topological polar surface area (TPSA) is 78.4 Å². The molecule has 5 heteroatoms. The molecule has 1 amide bonds. The van der Waals surface area contributed by atoms with Crippen LogP contribution >= 0.6 is 0 Å². The lowest BCUT2D eigenvalue weighted by molar-refractivity contribution is -0.143. The molecule has 2 rings (SSSR count).